The van der Waals surface area contributed by atoms with Gasteiger partial charge in [-0.3, -0.25) is 0 Å². The molecule has 0 aliphatic carbocycles. The highest BCUT2D eigenvalue weighted by Gasteiger charge is 2.05. The van der Waals surface area contributed by atoms with Gasteiger partial charge in [-0.05, 0) is 24.8 Å². The van der Waals surface area contributed by atoms with Crippen LogP contribution in [0.5, 0.6) is 0 Å². The first-order valence-electron chi connectivity index (χ1n) is 3.39. The van der Waals surface area contributed by atoms with E-state index in [0.717, 1.165) is 10.6 Å². The normalized spacial score (nSPS) is 9.83. The van der Waals surface area contributed by atoms with Crippen molar-refractivity contribution in [1.29, 1.82) is 0 Å². The monoisotopic (exact) mass is 183 g/mol. The van der Waals surface area contributed by atoms with Gasteiger partial charge in [0.15, 0.2) is 0 Å². The summed E-state index contributed by atoms with van der Waals surface area (Å²) in [5.74, 6) is -0.932. The summed E-state index contributed by atoms with van der Waals surface area (Å²) in [4.78, 5) is 14.5. The van der Waals surface area contributed by atoms with E-state index in [1.807, 2.05) is 13.2 Å². The lowest BCUT2D eigenvalue weighted by atomic mass is 10.2. The van der Waals surface area contributed by atoms with E-state index in [4.69, 9.17) is 5.11 Å². The molecule has 0 saturated carbocycles. The SMILES string of the molecule is CSc1ncc(C(=O)O)cc1C. The van der Waals surface area contributed by atoms with Crippen molar-refractivity contribution in [3.8, 4) is 0 Å². The Morgan fingerprint density at radius 1 is 1.67 bits per heavy atom. The average molecular weight is 183 g/mol. The minimum absolute atomic E-state index is 0.241. The molecule has 0 bridgehead atoms. The third kappa shape index (κ3) is 1.76. The predicted octanol–water partition coefficient (Wildman–Crippen LogP) is 1.81. The summed E-state index contributed by atoms with van der Waals surface area (Å²) in [7, 11) is 0. The molecular weight excluding hydrogens is 174 g/mol. The first-order chi connectivity index (χ1) is 5.65. The molecule has 0 fully saturated rings. The molecule has 1 heterocycles. The van der Waals surface area contributed by atoms with Crippen LogP contribution in [0.4, 0.5) is 0 Å². The van der Waals surface area contributed by atoms with Gasteiger partial charge in [0.25, 0.3) is 0 Å². The van der Waals surface area contributed by atoms with Gasteiger partial charge in [0, 0.05) is 6.20 Å². The molecule has 12 heavy (non-hydrogen) atoms. The van der Waals surface area contributed by atoms with E-state index in [2.05, 4.69) is 4.98 Å². The van der Waals surface area contributed by atoms with Crippen LogP contribution in [0, 0.1) is 6.92 Å². The van der Waals surface area contributed by atoms with Crippen molar-refractivity contribution in [2.24, 2.45) is 0 Å². The number of carboxylic acids is 1. The fourth-order valence-corrected chi connectivity index (χ4v) is 1.43. The lowest BCUT2D eigenvalue weighted by molar-refractivity contribution is 0.0696. The Kier molecular flexibility index (Phi) is 2.70. The highest BCUT2D eigenvalue weighted by atomic mass is 32.2. The standard InChI is InChI=1S/C8H9NO2S/c1-5-3-6(8(10)11)4-9-7(5)12-2/h3-4H,1-2H3,(H,10,11). The molecule has 1 N–H and O–H groups in total. The van der Waals surface area contributed by atoms with E-state index in [1.54, 1.807) is 6.07 Å². The summed E-state index contributed by atoms with van der Waals surface area (Å²) in [5, 5.41) is 9.50. The number of thioether (sulfide) groups is 1. The summed E-state index contributed by atoms with van der Waals surface area (Å²) >= 11 is 1.51. The molecule has 1 rings (SSSR count). The van der Waals surface area contributed by atoms with Gasteiger partial charge in [0.1, 0.15) is 0 Å². The van der Waals surface area contributed by atoms with Gasteiger partial charge in [-0.2, -0.15) is 0 Å². The molecule has 0 radical (unpaired) electrons. The van der Waals surface area contributed by atoms with Crippen molar-refractivity contribution < 1.29 is 9.90 Å². The maximum atomic E-state index is 10.5. The zero-order valence-electron chi connectivity index (χ0n) is 6.87. The molecule has 0 unspecified atom stereocenters. The van der Waals surface area contributed by atoms with Gasteiger partial charge in [0.05, 0.1) is 10.6 Å². The van der Waals surface area contributed by atoms with Crippen molar-refractivity contribution >= 4 is 17.7 Å². The number of carbonyl (C=O) groups is 1. The Labute approximate surface area is 74.8 Å². The number of carboxylic acid groups (broad SMARTS) is 1. The van der Waals surface area contributed by atoms with Crippen LogP contribution < -0.4 is 0 Å². The predicted molar refractivity (Wildman–Crippen MR) is 47.7 cm³/mol. The Morgan fingerprint density at radius 3 is 2.75 bits per heavy atom. The minimum atomic E-state index is -0.932. The molecule has 64 valence electrons. The van der Waals surface area contributed by atoms with E-state index < -0.39 is 5.97 Å². The van der Waals surface area contributed by atoms with Crippen molar-refractivity contribution in [3.05, 3.63) is 23.4 Å². The molecule has 1 aromatic rings. The summed E-state index contributed by atoms with van der Waals surface area (Å²) in [6.45, 7) is 1.85. The van der Waals surface area contributed by atoms with Crippen LogP contribution in [0.1, 0.15) is 15.9 Å². The molecule has 0 aliphatic rings. The number of pyridine rings is 1. The quantitative estimate of drug-likeness (QED) is 0.710. The maximum absolute atomic E-state index is 10.5. The average Bonchev–Trinajstić information content (AvgIpc) is 2.04. The molecule has 4 heteroatoms. The summed E-state index contributed by atoms with van der Waals surface area (Å²) in [5.41, 5.74) is 1.15. The molecule has 1 aromatic heterocycles. The van der Waals surface area contributed by atoms with Crippen LogP contribution in [0.15, 0.2) is 17.3 Å². The lowest BCUT2D eigenvalue weighted by Gasteiger charge is -2.01. The molecular formula is C8H9NO2S. The second kappa shape index (κ2) is 3.58. The van der Waals surface area contributed by atoms with Gasteiger partial charge >= 0.3 is 5.97 Å². The van der Waals surface area contributed by atoms with Crippen molar-refractivity contribution in [2.75, 3.05) is 6.26 Å². The van der Waals surface area contributed by atoms with Gasteiger partial charge in [-0.1, -0.05) is 0 Å². The number of aromatic nitrogens is 1. The zero-order chi connectivity index (χ0) is 9.14. The summed E-state index contributed by atoms with van der Waals surface area (Å²) in [6, 6.07) is 1.63. The number of hydrogen-bond acceptors (Lipinski definition) is 3. The Balaban J connectivity index is 3.10. The molecule has 0 spiro atoms. The van der Waals surface area contributed by atoms with Crippen LogP contribution in [0.2, 0.25) is 0 Å². The fraction of sp³-hybridized carbons (Fsp3) is 0.250. The van der Waals surface area contributed by atoms with Gasteiger partial charge in [-0.15, -0.1) is 11.8 Å². The maximum Gasteiger partial charge on any atom is 0.337 e. The highest BCUT2D eigenvalue weighted by molar-refractivity contribution is 7.98. The topological polar surface area (TPSA) is 50.2 Å². The van der Waals surface area contributed by atoms with Crippen molar-refractivity contribution in [2.45, 2.75) is 11.9 Å². The minimum Gasteiger partial charge on any atom is -0.478 e. The van der Waals surface area contributed by atoms with Crippen LogP contribution in [0.3, 0.4) is 0 Å². The van der Waals surface area contributed by atoms with E-state index in [9.17, 15) is 4.79 Å². The molecule has 0 amide bonds. The number of rotatable bonds is 2. The van der Waals surface area contributed by atoms with Crippen LogP contribution >= 0.6 is 11.8 Å². The number of hydrogen-bond donors (Lipinski definition) is 1. The molecule has 3 nitrogen and oxygen atoms in total. The van der Waals surface area contributed by atoms with Crippen molar-refractivity contribution in [3.63, 3.8) is 0 Å². The Hall–Kier alpha value is -1.03. The second-order valence-electron chi connectivity index (χ2n) is 2.36. The zero-order valence-corrected chi connectivity index (χ0v) is 7.68. The van der Waals surface area contributed by atoms with E-state index >= 15 is 0 Å². The van der Waals surface area contributed by atoms with Crippen LogP contribution in [-0.2, 0) is 0 Å². The molecule has 0 atom stereocenters. The van der Waals surface area contributed by atoms with Crippen LogP contribution in [0.25, 0.3) is 0 Å². The van der Waals surface area contributed by atoms with Gasteiger partial charge in [-0.25, -0.2) is 9.78 Å². The van der Waals surface area contributed by atoms with Gasteiger partial charge in [0.2, 0.25) is 0 Å². The van der Waals surface area contributed by atoms with E-state index in [-0.39, 0.29) is 5.56 Å². The first kappa shape index (κ1) is 9.06. The van der Waals surface area contributed by atoms with Gasteiger partial charge < -0.3 is 5.11 Å². The summed E-state index contributed by atoms with van der Waals surface area (Å²) < 4.78 is 0. The van der Waals surface area contributed by atoms with Crippen LogP contribution in [-0.4, -0.2) is 22.3 Å². The first-order valence-corrected chi connectivity index (χ1v) is 4.61. The third-order valence-corrected chi connectivity index (χ3v) is 2.28. The smallest absolute Gasteiger partial charge is 0.337 e. The van der Waals surface area contributed by atoms with Crippen molar-refractivity contribution in [1.82, 2.24) is 4.98 Å². The molecule has 0 saturated heterocycles. The largest absolute Gasteiger partial charge is 0.478 e. The number of aryl methyl sites for hydroxylation is 1. The Bertz CT molecular complexity index is 312. The highest BCUT2D eigenvalue weighted by Crippen LogP contribution is 2.17. The van der Waals surface area contributed by atoms with E-state index in [0.29, 0.717) is 0 Å². The number of aromatic carboxylic acids is 1. The molecule has 0 aliphatic heterocycles. The second-order valence-corrected chi connectivity index (χ2v) is 3.15. The fourth-order valence-electron chi connectivity index (χ4n) is 0.893. The Morgan fingerprint density at radius 2 is 2.33 bits per heavy atom. The lowest BCUT2D eigenvalue weighted by Crippen LogP contribution is -1.98. The third-order valence-electron chi connectivity index (χ3n) is 1.47. The number of nitrogens with zero attached hydrogens (tertiary/aromatic N) is 1. The molecule has 0 aromatic carbocycles. The summed E-state index contributed by atoms with van der Waals surface area (Å²) in [6.07, 6.45) is 3.29. The van der Waals surface area contributed by atoms with E-state index in [1.165, 1.54) is 18.0 Å².